The van der Waals surface area contributed by atoms with E-state index in [1.807, 2.05) is 41.3 Å². The SMILES string of the molecule is COC1=CC=NCN1[C@H]1CN(S(=O)(=O)c2cn(C)cn2)C[C@@H]1c1ccccc1. The van der Waals surface area contributed by atoms with Gasteiger partial charge in [-0.25, -0.2) is 13.4 Å². The van der Waals surface area contributed by atoms with Gasteiger partial charge in [0.25, 0.3) is 10.0 Å². The van der Waals surface area contributed by atoms with Gasteiger partial charge in [-0.2, -0.15) is 4.31 Å². The molecule has 0 bridgehead atoms. The molecule has 0 N–H and O–H groups in total. The molecule has 2 atom stereocenters. The quantitative estimate of drug-likeness (QED) is 0.757. The van der Waals surface area contributed by atoms with Crippen molar-refractivity contribution >= 4 is 16.2 Å². The Morgan fingerprint density at radius 2 is 1.96 bits per heavy atom. The molecule has 9 heteroatoms. The summed E-state index contributed by atoms with van der Waals surface area (Å²) in [5, 5.41) is 0.0710. The van der Waals surface area contributed by atoms with Gasteiger partial charge in [-0.05, 0) is 5.56 Å². The number of nitrogens with zero attached hydrogens (tertiary/aromatic N) is 5. The number of hydrogen-bond donors (Lipinski definition) is 0. The van der Waals surface area contributed by atoms with Crippen molar-refractivity contribution < 1.29 is 13.2 Å². The maximum Gasteiger partial charge on any atom is 0.262 e. The highest BCUT2D eigenvalue weighted by atomic mass is 32.2. The summed E-state index contributed by atoms with van der Waals surface area (Å²) in [5.74, 6) is 0.685. The van der Waals surface area contributed by atoms with Crippen molar-refractivity contribution in [1.29, 1.82) is 0 Å². The van der Waals surface area contributed by atoms with Gasteiger partial charge in [0, 0.05) is 44.5 Å². The normalized spacial score (nSPS) is 23.1. The lowest BCUT2D eigenvalue weighted by molar-refractivity contribution is 0.115. The van der Waals surface area contributed by atoms with E-state index in [0.29, 0.717) is 25.6 Å². The standard InChI is InChI=1S/C19H23N5O3S/c1-22-12-18(21-14-22)28(25,26)23-10-16(15-6-4-3-5-7-15)17(11-23)24-13-20-9-8-19(24)27-2/h3-9,12,14,16-17H,10-11,13H2,1-2H3/t16-,17+/m1/s1. The Bertz CT molecular complexity index is 1000. The molecular formula is C19H23N5O3S. The molecule has 1 aromatic heterocycles. The third-order valence-electron chi connectivity index (χ3n) is 5.22. The summed E-state index contributed by atoms with van der Waals surface area (Å²) in [5.41, 5.74) is 1.09. The van der Waals surface area contributed by atoms with Crippen LogP contribution in [0.2, 0.25) is 0 Å². The van der Waals surface area contributed by atoms with Gasteiger partial charge in [-0.1, -0.05) is 30.3 Å². The Kier molecular flexibility index (Phi) is 4.94. The summed E-state index contributed by atoms with van der Waals surface area (Å²) in [6.07, 6.45) is 6.55. The molecule has 28 heavy (non-hydrogen) atoms. The highest BCUT2D eigenvalue weighted by Gasteiger charge is 2.44. The molecule has 1 aromatic carbocycles. The first-order valence-corrected chi connectivity index (χ1v) is 10.5. The van der Waals surface area contributed by atoms with Gasteiger partial charge in [0.1, 0.15) is 6.67 Å². The minimum atomic E-state index is -3.68. The van der Waals surface area contributed by atoms with Gasteiger partial charge >= 0.3 is 0 Å². The Morgan fingerprint density at radius 3 is 2.64 bits per heavy atom. The van der Waals surface area contributed by atoms with Crippen molar-refractivity contribution in [2.75, 3.05) is 26.9 Å². The molecule has 2 aromatic rings. The molecule has 0 radical (unpaired) electrons. The smallest absolute Gasteiger partial charge is 0.262 e. The molecule has 0 unspecified atom stereocenters. The average molecular weight is 401 g/mol. The predicted molar refractivity (Wildman–Crippen MR) is 105 cm³/mol. The lowest BCUT2D eigenvalue weighted by Crippen LogP contribution is -2.42. The van der Waals surface area contributed by atoms with Crippen LogP contribution in [-0.4, -0.2) is 66.3 Å². The maximum absolute atomic E-state index is 13.2. The molecule has 8 nitrogen and oxygen atoms in total. The van der Waals surface area contributed by atoms with Crippen LogP contribution in [0.25, 0.3) is 0 Å². The molecule has 0 aliphatic carbocycles. The molecule has 0 saturated carbocycles. The lowest BCUT2D eigenvalue weighted by atomic mass is 9.93. The highest BCUT2D eigenvalue weighted by molar-refractivity contribution is 7.89. The van der Waals surface area contributed by atoms with Crippen molar-refractivity contribution in [1.82, 2.24) is 18.8 Å². The fourth-order valence-corrected chi connectivity index (χ4v) is 5.27. The van der Waals surface area contributed by atoms with E-state index >= 15 is 0 Å². The first-order chi connectivity index (χ1) is 13.5. The summed E-state index contributed by atoms with van der Waals surface area (Å²) < 4.78 is 35.0. The first-order valence-electron chi connectivity index (χ1n) is 9.04. The largest absolute Gasteiger partial charge is 0.482 e. The number of aryl methyl sites for hydroxylation is 1. The molecule has 3 heterocycles. The van der Waals surface area contributed by atoms with E-state index < -0.39 is 10.0 Å². The molecule has 1 saturated heterocycles. The Balaban J connectivity index is 1.69. The highest BCUT2D eigenvalue weighted by Crippen LogP contribution is 2.36. The molecule has 0 amide bonds. The van der Waals surface area contributed by atoms with Crippen LogP contribution >= 0.6 is 0 Å². The summed E-state index contributed by atoms with van der Waals surface area (Å²) in [4.78, 5) is 10.4. The average Bonchev–Trinajstić information content (AvgIpc) is 3.36. The van der Waals surface area contributed by atoms with E-state index in [0.717, 1.165) is 5.56 Å². The predicted octanol–water partition coefficient (Wildman–Crippen LogP) is 1.41. The van der Waals surface area contributed by atoms with Crippen LogP contribution in [0, 0.1) is 0 Å². The van der Waals surface area contributed by atoms with Gasteiger partial charge in [-0.15, -0.1) is 0 Å². The minimum absolute atomic E-state index is 0.00784. The number of rotatable bonds is 5. The zero-order chi connectivity index (χ0) is 19.7. The molecule has 148 valence electrons. The number of methoxy groups -OCH3 is 1. The maximum atomic E-state index is 13.2. The molecule has 2 aliphatic heterocycles. The fraction of sp³-hybridized carbons (Fsp3) is 0.368. The van der Waals surface area contributed by atoms with Gasteiger partial charge in [0.2, 0.25) is 0 Å². The van der Waals surface area contributed by atoms with Crippen LogP contribution < -0.4 is 0 Å². The van der Waals surface area contributed by atoms with E-state index in [1.165, 1.54) is 16.8 Å². The topological polar surface area (TPSA) is 80.0 Å². The number of hydrogen-bond acceptors (Lipinski definition) is 6. The second-order valence-electron chi connectivity index (χ2n) is 6.94. The van der Waals surface area contributed by atoms with E-state index in [1.54, 1.807) is 24.9 Å². The van der Waals surface area contributed by atoms with Gasteiger partial charge in [-0.3, -0.25) is 4.99 Å². The Labute approximate surface area is 164 Å². The number of benzene rings is 1. The monoisotopic (exact) mass is 401 g/mol. The van der Waals surface area contributed by atoms with Gasteiger partial charge in [0.15, 0.2) is 10.9 Å². The van der Waals surface area contributed by atoms with Crippen LogP contribution in [0.1, 0.15) is 11.5 Å². The van der Waals surface area contributed by atoms with Crippen LogP contribution in [0.4, 0.5) is 0 Å². The lowest BCUT2D eigenvalue weighted by Gasteiger charge is -2.34. The van der Waals surface area contributed by atoms with Crippen molar-refractivity contribution in [3.63, 3.8) is 0 Å². The zero-order valence-electron chi connectivity index (χ0n) is 15.8. The van der Waals surface area contributed by atoms with Crippen LogP contribution in [0.3, 0.4) is 0 Å². The number of aromatic nitrogens is 2. The van der Waals surface area contributed by atoms with Crippen molar-refractivity contribution in [3.8, 4) is 0 Å². The molecule has 1 fully saturated rings. The second-order valence-corrected chi connectivity index (χ2v) is 8.82. The van der Waals surface area contributed by atoms with E-state index in [2.05, 4.69) is 9.98 Å². The van der Waals surface area contributed by atoms with Gasteiger partial charge < -0.3 is 14.2 Å². The number of imidazole rings is 1. The molecule has 4 rings (SSSR count). The van der Waals surface area contributed by atoms with E-state index in [-0.39, 0.29) is 17.0 Å². The van der Waals surface area contributed by atoms with Crippen LogP contribution in [-0.2, 0) is 21.8 Å². The summed E-state index contributed by atoms with van der Waals surface area (Å²) in [7, 11) is -0.304. The number of aliphatic imine (C=N–C) groups is 1. The second kappa shape index (κ2) is 7.40. The summed E-state index contributed by atoms with van der Waals surface area (Å²) >= 11 is 0. The van der Waals surface area contributed by atoms with Gasteiger partial charge in [0.05, 0.1) is 19.5 Å². The summed E-state index contributed by atoms with van der Waals surface area (Å²) in [6, 6.07) is 9.90. The van der Waals surface area contributed by atoms with Crippen LogP contribution in [0.5, 0.6) is 0 Å². The van der Waals surface area contributed by atoms with E-state index in [9.17, 15) is 8.42 Å². The third kappa shape index (κ3) is 3.31. The third-order valence-corrected chi connectivity index (χ3v) is 6.94. The Hall–Kier alpha value is -2.65. The summed E-state index contributed by atoms with van der Waals surface area (Å²) in [6.45, 7) is 1.16. The number of ether oxygens (including phenoxy) is 1. The molecule has 0 spiro atoms. The number of allylic oxidation sites excluding steroid dienone is 1. The Morgan fingerprint density at radius 1 is 1.18 bits per heavy atom. The number of sulfonamides is 1. The first kappa shape index (κ1) is 18.7. The minimum Gasteiger partial charge on any atom is -0.482 e. The van der Waals surface area contributed by atoms with Crippen molar-refractivity contribution in [3.05, 3.63) is 60.4 Å². The van der Waals surface area contributed by atoms with Crippen molar-refractivity contribution in [2.45, 2.75) is 17.0 Å². The van der Waals surface area contributed by atoms with E-state index in [4.69, 9.17) is 4.74 Å². The zero-order valence-corrected chi connectivity index (χ0v) is 16.7. The van der Waals surface area contributed by atoms with Crippen LogP contribution in [0.15, 0.2) is 64.8 Å². The van der Waals surface area contributed by atoms with Crippen molar-refractivity contribution in [2.24, 2.45) is 12.0 Å². The molecular weight excluding hydrogens is 378 g/mol. The fourth-order valence-electron chi connectivity index (χ4n) is 3.82. The molecule has 2 aliphatic rings.